The van der Waals surface area contributed by atoms with Crippen molar-refractivity contribution in [3.63, 3.8) is 0 Å². The number of aryl methyl sites for hydroxylation is 2. The lowest BCUT2D eigenvalue weighted by atomic mass is 9.98. The van der Waals surface area contributed by atoms with Crippen LogP contribution in [0.2, 0.25) is 0 Å². The molecule has 0 atom stereocenters. The van der Waals surface area contributed by atoms with E-state index in [2.05, 4.69) is 15.4 Å². The maximum absolute atomic E-state index is 13.0. The number of rotatable bonds is 3. The third-order valence-corrected chi connectivity index (χ3v) is 4.93. The van der Waals surface area contributed by atoms with Gasteiger partial charge in [0, 0.05) is 18.4 Å². The molecule has 1 amide bonds. The number of carbonyl (C=O) groups is 1. The van der Waals surface area contributed by atoms with E-state index in [1.54, 1.807) is 18.3 Å². The zero-order valence-corrected chi connectivity index (χ0v) is 14.5. The molecule has 0 unspecified atom stereocenters. The quantitative estimate of drug-likeness (QED) is 0.785. The number of carbonyl (C=O) groups excluding carboxylic acids is 1. The Kier molecular flexibility index (Phi) is 4.65. The van der Waals surface area contributed by atoms with E-state index in [1.807, 2.05) is 10.7 Å². The molecule has 0 spiro atoms. The van der Waals surface area contributed by atoms with E-state index in [-0.39, 0.29) is 11.7 Å². The number of hydrogen-bond acceptors (Lipinski definition) is 3. The molecular formula is C20H21FN4O. The van der Waals surface area contributed by atoms with Crippen molar-refractivity contribution in [1.29, 1.82) is 0 Å². The molecule has 0 bridgehead atoms. The molecule has 4 rings (SSSR count). The first-order chi connectivity index (χ1) is 12.7. The highest BCUT2D eigenvalue weighted by Crippen LogP contribution is 2.21. The zero-order valence-electron chi connectivity index (χ0n) is 14.5. The summed E-state index contributed by atoms with van der Waals surface area (Å²) in [6.45, 7) is 0.335. The fraction of sp³-hybridized carbons (Fsp3) is 0.350. The van der Waals surface area contributed by atoms with Crippen LogP contribution in [0.15, 0.2) is 36.7 Å². The second-order valence-corrected chi connectivity index (χ2v) is 6.75. The molecule has 0 saturated carbocycles. The van der Waals surface area contributed by atoms with Crippen molar-refractivity contribution in [3.8, 4) is 0 Å². The van der Waals surface area contributed by atoms with Gasteiger partial charge in [-0.3, -0.25) is 4.79 Å². The van der Waals surface area contributed by atoms with Crippen LogP contribution >= 0.6 is 0 Å². The highest BCUT2D eigenvalue weighted by atomic mass is 19.1. The summed E-state index contributed by atoms with van der Waals surface area (Å²) in [5, 5.41) is 7.30. The highest BCUT2D eigenvalue weighted by Gasteiger charge is 2.18. The SMILES string of the molecule is O=C(NCc1ccc(F)cc1)c1cnn2c3c(cnc12)CCCCCC3. The van der Waals surface area contributed by atoms with E-state index >= 15 is 0 Å². The van der Waals surface area contributed by atoms with Crippen molar-refractivity contribution in [2.75, 3.05) is 0 Å². The number of halogens is 1. The van der Waals surface area contributed by atoms with Gasteiger partial charge in [-0.2, -0.15) is 5.10 Å². The minimum Gasteiger partial charge on any atom is -0.348 e. The third kappa shape index (κ3) is 3.31. The van der Waals surface area contributed by atoms with Crippen LogP contribution in [-0.4, -0.2) is 20.5 Å². The minimum atomic E-state index is -0.289. The summed E-state index contributed by atoms with van der Waals surface area (Å²) in [5.41, 5.74) is 4.32. The van der Waals surface area contributed by atoms with Gasteiger partial charge < -0.3 is 5.32 Å². The molecule has 0 fully saturated rings. The second-order valence-electron chi connectivity index (χ2n) is 6.75. The lowest BCUT2D eigenvalue weighted by Gasteiger charge is -2.14. The topological polar surface area (TPSA) is 59.3 Å². The summed E-state index contributed by atoms with van der Waals surface area (Å²) in [4.78, 5) is 17.1. The average Bonchev–Trinajstić information content (AvgIpc) is 3.05. The van der Waals surface area contributed by atoms with Crippen LogP contribution in [0.5, 0.6) is 0 Å². The van der Waals surface area contributed by atoms with Crippen molar-refractivity contribution in [2.45, 2.75) is 45.1 Å². The molecule has 6 heteroatoms. The van der Waals surface area contributed by atoms with Crippen LogP contribution in [0.4, 0.5) is 4.39 Å². The Morgan fingerprint density at radius 1 is 1.08 bits per heavy atom. The molecule has 2 aromatic heterocycles. The Labute approximate surface area is 151 Å². The van der Waals surface area contributed by atoms with Gasteiger partial charge in [-0.1, -0.05) is 25.0 Å². The van der Waals surface area contributed by atoms with Crippen molar-refractivity contribution in [3.05, 3.63) is 64.9 Å². The summed E-state index contributed by atoms with van der Waals surface area (Å²) in [5.74, 6) is -0.508. The molecule has 1 aliphatic carbocycles. The van der Waals surface area contributed by atoms with E-state index in [9.17, 15) is 9.18 Å². The molecule has 134 valence electrons. The summed E-state index contributed by atoms with van der Waals surface area (Å²) >= 11 is 0. The second kappa shape index (κ2) is 7.23. The fourth-order valence-corrected chi connectivity index (χ4v) is 3.49. The minimum absolute atomic E-state index is 0.220. The van der Waals surface area contributed by atoms with Crippen molar-refractivity contribution in [1.82, 2.24) is 19.9 Å². The maximum atomic E-state index is 13.0. The van der Waals surface area contributed by atoms with Gasteiger partial charge in [0.15, 0.2) is 5.65 Å². The first-order valence-corrected chi connectivity index (χ1v) is 9.09. The maximum Gasteiger partial charge on any atom is 0.257 e. The number of nitrogens with one attached hydrogen (secondary N) is 1. The summed E-state index contributed by atoms with van der Waals surface area (Å²) in [6, 6.07) is 6.09. The largest absolute Gasteiger partial charge is 0.348 e. The third-order valence-electron chi connectivity index (χ3n) is 4.93. The van der Waals surface area contributed by atoms with E-state index in [4.69, 9.17) is 0 Å². The predicted molar refractivity (Wildman–Crippen MR) is 96.4 cm³/mol. The number of hydrogen-bond donors (Lipinski definition) is 1. The number of benzene rings is 1. The van der Waals surface area contributed by atoms with Crippen LogP contribution < -0.4 is 5.32 Å². The Balaban J connectivity index is 1.57. The molecule has 5 nitrogen and oxygen atoms in total. The molecule has 26 heavy (non-hydrogen) atoms. The van der Waals surface area contributed by atoms with E-state index in [1.165, 1.54) is 42.7 Å². The van der Waals surface area contributed by atoms with Gasteiger partial charge in [-0.25, -0.2) is 13.9 Å². The molecule has 0 aliphatic heterocycles. The van der Waals surface area contributed by atoms with Crippen molar-refractivity contribution < 1.29 is 9.18 Å². The zero-order chi connectivity index (χ0) is 17.9. The van der Waals surface area contributed by atoms with Gasteiger partial charge in [0.1, 0.15) is 11.4 Å². The monoisotopic (exact) mass is 352 g/mol. The molecular weight excluding hydrogens is 331 g/mol. The standard InChI is InChI=1S/C20H21FN4O/c21-16-9-7-14(8-10-16)11-23-20(26)17-13-24-25-18-6-4-2-1-3-5-15(18)12-22-19(17)25/h7-10,12-13H,1-6,11H2,(H,23,26). The van der Waals surface area contributed by atoms with E-state index in [0.717, 1.165) is 24.8 Å². The normalized spacial score (nSPS) is 14.5. The molecule has 1 aromatic carbocycles. The van der Waals surface area contributed by atoms with Gasteiger partial charge in [-0.15, -0.1) is 0 Å². The van der Waals surface area contributed by atoms with Crippen LogP contribution in [0.1, 0.15) is 52.9 Å². The highest BCUT2D eigenvalue weighted by molar-refractivity contribution is 5.99. The van der Waals surface area contributed by atoms with Gasteiger partial charge in [-0.05, 0) is 48.9 Å². The van der Waals surface area contributed by atoms with E-state index in [0.29, 0.717) is 17.8 Å². The predicted octanol–water partition coefficient (Wildman–Crippen LogP) is 3.46. The Bertz CT molecular complexity index is 933. The lowest BCUT2D eigenvalue weighted by Crippen LogP contribution is -2.23. The summed E-state index contributed by atoms with van der Waals surface area (Å²) in [6.07, 6.45) is 10.3. The smallest absolute Gasteiger partial charge is 0.257 e. The van der Waals surface area contributed by atoms with Crippen molar-refractivity contribution in [2.24, 2.45) is 0 Å². The first kappa shape index (κ1) is 16.7. The number of nitrogens with zero attached hydrogens (tertiary/aromatic N) is 3. The first-order valence-electron chi connectivity index (χ1n) is 9.09. The molecule has 1 N–H and O–H groups in total. The summed E-state index contributed by atoms with van der Waals surface area (Å²) in [7, 11) is 0. The molecule has 0 radical (unpaired) electrons. The molecule has 0 saturated heterocycles. The van der Waals surface area contributed by atoms with Crippen molar-refractivity contribution >= 4 is 11.6 Å². The lowest BCUT2D eigenvalue weighted by molar-refractivity contribution is 0.0952. The van der Waals surface area contributed by atoms with Gasteiger partial charge in [0.2, 0.25) is 0 Å². The van der Waals surface area contributed by atoms with Gasteiger partial charge >= 0.3 is 0 Å². The van der Waals surface area contributed by atoms with Crippen LogP contribution in [-0.2, 0) is 19.4 Å². The van der Waals surface area contributed by atoms with Crippen LogP contribution in [0.25, 0.3) is 5.65 Å². The van der Waals surface area contributed by atoms with Gasteiger partial charge in [0.25, 0.3) is 5.91 Å². The Morgan fingerprint density at radius 3 is 2.65 bits per heavy atom. The van der Waals surface area contributed by atoms with Crippen LogP contribution in [0, 0.1) is 5.82 Å². The average molecular weight is 352 g/mol. The molecule has 1 aliphatic rings. The fourth-order valence-electron chi connectivity index (χ4n) is 3.49. The molecule has 2 heterocycles. The number of fused-ring (bicyclic) bond motifs is 3. The Hall–Kier alpha value is -2.76. The number of amides is 1. The Morgan fingerprint density at radius 2 is 1.85 bits per heavy atom. The van der Waals surface area contributed by atoms with Gasteiger partial charge in [0.05, 0.1) is 6.20 Å². The summed E-state index contributed by atoms with van der Waals surface area (Å²) < 4.78 is 14.8. The molecule has 3 aromatic rings. The number of aromatic nitrogens is 3. The van der Waals surface area contributed by atoms with Crippen LogP contribution in [0.3, 0.4) is 0 Å². The van der Waals surface area contributed by atoms with E-state index < -0.39 is 0 Å².